The van der Waals surface area contributed by atoms with Gasteiger partial charge < -0.3 is 14.6 Å². The summed E-state index contributed by atoms with van der Waals surface area (Å²) in [5.41, 5.74) is 0.307. The molecule has 2 rings (SSSR count). The smallest absolute Gasteiger partial charge is 0.169 e. The summed E-state index contributed by atoms with van der Waals surface area (Å²) in [4.78, 5) is 2.41. The van der Waals surface area contributed by atoms with E-state index in [2.05, 4.69) is 47.2 Å². The van der Waals surface area contributed by atoms with Crippen molar-refractivity contribution in [2.75, 3.05) is 20.6 Å². The molecule has 0 amide bonds. The predicted octanol–water partition coefficient (Wildman–Crippen LogP) is 3.64. The first-order valence-electron chi connectivity index (χ1n) is 7.14. The fourth-order valence-corrected chi connectivity index (χ4v) is 3.56. The molecule has 0 bridgehead atoms. The lowest BCUT2D eigenvalue weighted by Crippen LogP contribution is -2.54. The second-order valence-electron chi connectivity index (χ2n) is 6.13. The molecule has 0 saturated heterocycles. The second-order valence-corrected chi connectivity index (χ2v) is 6.91. The van der Waals surface area contributed by atoms with E-state index in [1.165, 1.54) is 25.7 Å². The van der Waals surface area contributed by atoms with Crippen LogP contribution in [-0.2, 0) is 6.54 Å². The second kappa shape index (κ2) is 6.42. The minimum Gasteiger partial charge on any atom is -0.453 e. The van der Waals surface area contributed by atoms with E-state index in [0.717, 1.165) is 29.4 Å². The first-order chi connectivity index (χ1) is 9.02. The van der Waals surface area contributed by atoms with Gasteiger partial charge in [0.05, 0.1) is 6.54 Å². The molecule has 19 heavy (non-hydrogen) atoms. The minimum absolute atomic E-state index is 0.307. The number of halogens is 1. The highest BCUT2D eigenvalue weighted by Gasteiger charge is 2.36. The van der Waals surface area contributed by atoms with E-state index in [-0.39, 0.29) is 0 Å². The van der Waals surface area contributed by atoms with Crippen molar-refractivity contribution in [1.29, 1.82) is 0 Å². The summed E-state index contributed by atoms with van der Waals surface area (Å²) in [5, 5.41) is 3.57. The Hall–Kier alpha value is -0.320. The van der Waals surface area contributed by atoms with Crippen LogP contribution in [0.25, 0.3) is 0 Å². The topological polar surface area (TPSA) is 28.4 Å². The fourth-order valence-electron chi connectivity index (χ4n) is 3.22. The fraction of sp³-hybridized carbons (Fsp3) is 0.733. The lowest BCUT2D eigenvalue weighted by molar-refractivity contribution is 0.0745. The van der Waals surface area contributed by atoms with E-state index in [0.29, 0.717) is 5.54 Å². The van der Waals surface area contributed by atoms with Crippen molar-refractivity contribution >= 4 is 15.9 Å². The quantitative estimate of drug-likeness (QED) is 0.894. The van der Waals surface area contributed by atoms with E-state index in [1.807, 2.05) is 12.1 Å². The van der Waals surface area contributed by atoms with Crippen molar-refractivity contribution in [3.05, 3.63) is 22.6 Å². The summed E-state index contributed by atoms with van der Waals surface area (Å²) in [5.74, 6) is 1.82. The average molecular weight is 329 g/mol. The zero-order chi connectivity index (χ0) is 13.9. The summed E-state index contributed by atoms with van der Waals surface area (Å²) >= 11 is 3.34. The number of nitrogens with one attached hydrogen (secondary N) is 1. The molecule has 0 radical (unpaired) electrons. The van der Waals surface area contributed by atoms with E-state index in [1.54, 1.807) is 0 Å². The summed E-state index contributed by atoms with van der Waals surface area (Å²) in [6, 6.07) is 3.96. The van der Waals surface area contributed by atoms with Crippen LogP contribution in [0.3, 0.4) is 0 Å². The van der Waals surface area contributed by atoms with Crippen molar-refractivity contribution in [1.82, 2.24) is 10.2 Å². The predicted molar refractivity (Wildman–Crippen MR) is 82.2 cm³/mol. The Morgan fingerprint density at radius 3 is 2.84 bits per heavy atom. The van der Waals surface area contributed by atoms with Crippen LogP contribution in [0.2, 0.25) is 0 Å². The van der Waals surface area contributed by atoms with Crippen LogP contribution in [0.5, 0.6) is 0 Å². The number of hydrogen-bond acceptors (Lipinski definition) is 3. The van der Waals surface area contributed by atoms with E-state index in [4.69, 9.17) is 4.42 Å². The third-order valence-corrected chi connectivity index (χ3v) is 4.82. The molecular formula is C15H25BrN2O. The highest BCUT2D eigenvalue weighted by molar-refractivity contribution is 9.10. The van der Waals surface area contributed by atoms with Crippen LogP contribution < -0.4 is 5.32 Å². The Bertz CT molecular complexity index is 405. The number of furan rings is 1. The summed E-state index contributed by atoms with van der Waals surface area (Å²) in [6.45, 7) is 4.21. The first-order valence-corrected chi connectivity index (χ1v) is 7.93. The minimum atomic E-state index is 0.307. The maximum Gasteiger partial charge on any atom is 0.169 e. The molecule has 1 heterocycles. The molecular weight excluding hydrogens is 304 g/mol. The van der Waals surface area contributed by atoms with E-state index < -0.39 is 0 Å². The Balaban J connectivity index is 1.90. The summed E-state index contributed by atoms with van der Waals surface area (Å²) in [6.07, 6.45) is 5.29. The average Bonchev–Trinajstić information content (AvgIpc) is 2.75. The molecule has 0 aromatic carbocycles. The Morgan fingerprint density at radius 2 is 2.26 bits per heavy atom. The Kier molecular flexibility index (Phi) is 5.09. The number of likely N-dealkylation sites (N-methyl/N-ethyl adjacent to an activating group) is 1. The molecule has 1 N–H and O–H groups in total. The molecule has 0 spiro atoms. The lowest BCUT2D eigenvalue weighted by Gasteiger charge is -2.45. The number of rotatable bonds is 5. The summed E-state index contributed by atoms with van der Waals surface area (Å²) < 4.78 is 6.33. The number of hydrogen-bond donors (Lipinski definition) is 1. The normalized spacial score (nSPS) is 27.9. The molecule has 1 saturated carbocycles. The van der Waals surface area contributed by atoms with Crippen molar-refractivity contribution < 1.29 is 4.42 Å². The van der Waals surface area contributed by atoms with Crippen LogP contribution >= 0.6 is 15.9 Å². The van der Waals surface area contributed by atoms with Crippen molar-refractivity contribution in [3.8, 4) is 0 Å². The van der Waals surface area contributed by atoms with Crippen molar-refractivity contribution in [2.45, 2.75) is 44.7 Å². The molecule has 3 nitrogen and oxygen atoms in total. The van der Waals surface area contributed by atoms with Crippen molar-refractivity contribution in [3.63, 3.8) is 0 Å². The zero-order valence-corrected chi connectivity index (χ0v) is 13.8. The zero-order valence-electron chi connectivity index (χ0n) is 12.2. The monoisotopic (exact) mass is 328 g/mol. The largest absolute Gasteiger partial charge is 0.453 e. The van der Waals surface area contributed by atoms with Crippen LogP contribution in [0.4, 0.5) is 0 Å². The van der Waals surface area contributed by atoms with Gasteiger partial charge in [-0.2, -0.15) is 0 Å². The molecule has 4 heteroatoms. The highest BCUT2D eigenvalue weighted by atomic mass is 79.9. The first kappa shape index (κ1) is 15.1. The number of nitrogens with zero attached hydrogens (tertiary/aromatic N) is 1. The molecule has 1 aromatic heterocycles. The molecule has 1 fully saturated rings. The Morgan fingerprint density at radius 1 is 1.47 bits per heavy atom. The van der Waals surface area contributed by atoms with Crippen LogP contribution in [0.1, 0.15) is 38.4 Å². The highest BCUT2D eigenvalue weighted by Crippen LogP contribution is 2.35. The molecule has 1 aliphatic carbocycles. The lowest BCUT2D eigenvalue weighted by atomic mass is 9.75. The van der Waals surface area contributed by atoms with Gasteiger partial charge in [0.25, 0.3) is 0 Å². The van der Waals surface area contributed by atoms with Gasteiger partial charge in [-0.05, 0) is 60.9 Å². The molecule has 108 valence electrons. The van der Waals surface area contributed by atoms with Gasteiger partial charge in [0.2, 0.25) is 0 Å². The van der Waals surface area contributed by atoms with Gasteiger partial charge in [0, 0.05) is 12.1 Å². The van der Waals surface area contributed by atoms with Gasteiger partial charge in [0.1, 0.15) is 5.76 Å². The third-order valence-electron chi connectivity index (χ3n) is 4.40. The van der Waals surface area contributed by atoms with Crippen LogP contribution in [0, 0.1) is 5.92 Å². The van der Waals surface area contributed by atoms with Gasteiger partial charge in [-0.15, -0.1) is 0 Å². The maximum absolute atomic E-state index is 5.53. The van der Waals surface area contributed by atoms with Gasteiger partial charge >= 0.3 is 0 Å². The molecule has 1 aliphatic rings. The SMILES string of the molecule is CC1CCCC(CNCc2ccc(Br)o2)(N(C)C)C1. The van der Waals surface area contributed by atoms with Gasteiger partial charge in [-0.3, -0.25) is 0 Å². The maximum atomic E-state index is 5.53. The van der Waals surface area contributed by atoms with Crippen LogP contribution in [-0.4, -0.2) is 31.1 Å². The van der Waals surface area contributed by atoms with E-state index in [9.17, 15) is 0 Å². The van der Waals surface area contributed by atoms with Crippen LogP contribution in [0.15, 0.2) is 21.2 Å². The van der Waals surface area contributed by atoms with E-state index >= 15 is 0 Å². The molecule has 2 unspecified atom stereocenters. The molecule has 0 aliphatic heterocycles. The summed E-state index contributed by atoms with van der Waals surface area (Å²) in [7, 11) is 4.42. The van der Waals surface area contributed by atoms with Gasteiger partial charge in [-0.1, -0.05) is 19.8 Å². The molecule has 1 aromatic rings. The van der Waals surface area contributed by atoms with Gasteiger partial charge in [-0.25, -0.2) is 0 Å². The van der Waals surface area contributed by atoms with Crippen molar-refractivity contribution in [2.24, 2.45) is 5.92 Å². The molecule has 2 atom stereocenters. The van der Waals surface area contributed by atoms with Gasteiger partial charge in [0.15, 0.2) is 4.67 Å². The Labute approximate surface area is 124 Å². The third kappa shape index (κ3) is 3.83. The standard InChI is InChI=1S/C15H25BrN2O/c1-12-5-4-8-15(9-12,18(2)3)11-17-10-13-6-7-14(16)19-13/h6-7,12,17H,4-5,8-11H2,1-3H3.